The quantitative estimate of drug-likeness (QED) is 0.700. The van der Waals surface area contributed by atoms with E-state index in [0.717, 1.165) is 0 Å². The first-order chi connectivity index (χ1) is 6.94. The van der Waals surface area contributed by atoms with Gasteiger partial charge in [-0.2, -0.15) is 5.26 Å². The number of hydrogen-bond donors (Lipinski definition) is 1. The number of aliphatic hydroxyl groups excluding tert-OH is 1. The lowest BCUT2D eigenvalue weighted by atomic mass is 10.1. The van der Waals surface area contributed by atoms with E-state index < -0.39 is 11.7 Å². The Bertz CT molecular complexity index is 275. The van der Waals surface area contributed by atoms with Crippen LogP contribution in [0, 0.1) is 11.3 Å². The lowest BCUT2D eigenvalue weighted by Crippen LogP contribution is -2.43. The fraction of sp³-hybridized carbons (Fsp3) is 0.800. The molecule has 1 amide bonds. The molecule has 0 bridgehead atoms. The third-order valence-corrected chi connectivity index (χ3v) is 2.33. The second kappa shape index (κ2) is 4.49. The molecule has 1 heterocycles. The van der Waals surface area contributed by atoms with Gasteiger partial charge in [0.1, 0.15) is 6.07 Å². The molecule has 1 fully saturated rings. The van der Waals surface area contributed by atoms with E-state index in [1.165, 1.54) is 4.90 Å². The number of carbonyl (C=O) groups excluding carboxylic acids is 1. The highest BCUT2D eigenvalue weighted by molar-refractivity contribution is 5.68. The third kappa shape index (κ3) is 3.40. The van der Waals surface area contributed by atoms with Crippen LogP contribution in [0.5, 0.6) is 0 Å². The van der Waals surface area contributed by atoms with Crippen molar-refractivity contribution in [3.8, 4) is 6.07 Å². The number of likely N-dealkylation sites (tertiary alicyclic amines) is 1. The summed E-state index contributed by atoms with van der Waals surface area (Å²) in [4.78, 5) is 13.1. The Labute approximate surface area is 89.2 Å². The molecular formula is C10H16N2O3. The molecule has 0 aromatic heterocycles. The molecule has 1 rings (SSSR count). The normalized spacial score (nSPS) is 18.4. The summed E-state index contributed by atoms with van der Waals surface area (Å²) in [5.74, 6) is 0. The molecule has 0 radical (unpaired) electrons. The van der Waals surface area contributed by atoms with Gasteiger partial charge in [0.05, 0.1) is 6.10 Å². The molecule has 0 aromatic rings. The van der Waals surface area contributed by atoms with Gasteiger partial charge in [0.25, 0.3) is 0 Å². The van der Waals surface area contributed by atoms with Gasteiger partial charge in [-0.15, -0.1) is 0 Å². The molecule has 5 heteroatoms. The van der Waals surface area contributed by atoms with Crippen LogP contribution in [-0.4, -0.2) is 40.9 Å². The first-order valence-corrected chi connectivity index (χ1v) is 5.02. The van der Waals surface area contributed by atoms with Gasteiger partial charge in [-0.1, -0.05) is 0 Å². The van der Waals surface area contributed by atoms with Crippen molar-refractivity contribution in [1.29, 1.82) is 5.26 Å². The third-order valence-electron chi connectivity index (χ3n) is 2.33. The van der Waals surface area contributed by atoms with E-state index in [-0.39, 0.29) is 6.10 Å². The van der Waals surface area contributed by atoms with E-state index in [1.54, 1.807) is 13.8 Å². The number of piperidine rings is 1. The van der Waals surface area contributed by atoms with Crippen molar-refractivity contribution in [2.75, 3.05) is 13.1 Å². The minimum atomic E-state index is -1.09. The Morgan fingerprint density at radius 1 is 1.53 bits per heavy atom. The van der Waals surface area contributed by atoms with Gasteiger partial charge in [0.2, 0.25) is 0 Å². The molecular weight excluding hydrogens is 196 g/mol. The van der Waals surface area contributed by atoms with Crippen molar-refractivity contribution >= 4 is 6.09 Å². The van der Waals surface area contributed by atoms with Crippen LogP contribution in [0.15, 0.2) is 0 Å². The predicted octanol–water partition coefficient (Wildman–Crippen LogP) is 0.882. The van der Waals surface area contributed by atoms with Crippen LogP contribution >= 0.6 is 0 Å². The highest BCUT2D eigenvalue weighted by Crippen LogP contribution is 2.14. The molecule has 1 aliphatic rings. The van der Waals surface area contributed by atoms with Crippen molar-refractivity contribution in [2.45, 2.75) is 38.4 Å². The Balaban J connectivity index is 2.45. The summed E-state index contributed by atoms with van der Waals surface area (Å²) >= 11 is 0. The molecule has 0 saturated carbocycles. The molecule has 84 valence electrons. The standard InChI is InChI=1S/C10H16N2O3/c1-10(2,7-11)15-9(14)12-5-3-8(13)4-6-12/h8,13H,3-6H2,1-2H3. The number of ether oxygens (including phenoxy) is 1. The van der Waals surface area contributed by atoms with Crippen LogP contribution in [0.25, 0.3) is 0 Å². The number of nitriles is 1. The Hall–Kier alpha value is -1.28. The largest absolute Gasteiger partial charge is 0.428 e. The van der Waals surface area contributed by atoms with Crippen LogP contribution in [0.2, 0.25) is 0 Å². The minimum absolute atomic E-state index is 0.321. The Morgan fingerprint density at radius 3 is 2.53 bits per heavy atom. The number of rotatable bonds is 1. The molecule has 0 spiro atoms. The smallest absolute Gasteiger partial charge is 0.411 e. The monoisotopic (exact) mass is 212 g/mol. The number of aliphatic hydroxyl groups is 1. The van der Waals surface area contributed by atoms with Gasteiger partial charge >= 0.3 is 6.09 Å². The van der Waals surface area contributed by atoms with E-state index in [0.29, 0.717) is 25.9 Å². The Kier molecular flexibility index (Phi) is 3.53. The van der Waals surface area contributed by atoms with E-state index in [9.17, 15) is 9.90 Å². The zero-order valence-corrected chi connectivity index (χ0v) is 9.06. The highest BCUT2D eigenvalue weighted by Gasteiger charge is 2.28. The molecule has 1 saturated heterocycles. The lowest BCUT2D eigenvalue weighted by molar-refractivity contribution is 0.0250. The lowest BCUT2D eigenvalue weighted by Gasteiger charge is -2.30. The molecule has 0 aliphatic carbocycles. The fourth-order valence-corrected chi connectivity index (χ4v) is 1.35. The summed E-state index contributed by atoms with van der Waals surface area (Å²) in [6.07, 6.45) is 0.343. The number of hydrogen-bond acceptors (Lipinski definition) is 4. The molecule has 0 aromatic carbocycles. The molecule has 1 N–H and O–H groups in total. The van der Waals surface area contributed by atoms with E-state index in [4.69, 9.17) is 10.00 Å². The maximum Gasteiger partial charge on any atom is 0.411 e. The van der Waals surface area contributed by atoms with E-state index >= 15 is 0 Å². The molecule has 0 atom stereocenters. The van der Waals surface area contributed by atoms with Crippen molar-refractivity contribution in [2.24, 2.45) is 0 Å². The number of amides is 1. The van der Waals surface area contributed by atoms with Crippen molar-refractivity contribution in [3.63, 3.8) is 0 Å². The summed E-state index contributed by atoms with van der Waals surface area (Å²) in [5.41, 5.74) is -1.09. The minimum Gasteiger partial charge on any atom is -0.428 e. The second-order valence-electron chi connectivity index (χ2n) is 4.21. The highest BCUT2D eigenvalue weighted by atomic mass is 16.6. The second-order valence-corrected chi connectivity index (χ2v) is 4.21. The Morgan fingerprint density at radius 2 is 2.07 bits per heavy atom. The van der Waals surface area contributed by atoms with Gasteiger partial charge in [0.15, 0.2) is 5.60 Å². The zero-order valence-electron chi connectivity index (χ0n) is 9.06. The fourth-order valence-electron chi connectivity index (χ4n) is 1.35. The van der Waals surface area contributed by atoms with E-state index in [2.05, 4.69) is 0 Å². The summed E-state index contributed by atoms with van der Waals surface area (Å²) < 4.78 is 5.01. The number of nitrogens with zero attached hydrogens (tertiary/aromatic N) is 2. The van der Waals surface area contributed by atoms with Gasteiger partial charge in [-0.05, 0) is 26.7 Å². The van der Waals surface area contributed by atoms with Crippen molar-refractivity contribution in [1.82, 2.24) is 4.90 Å². The van der Waals surface area contributed by atoms with Gasteiger partial charge in [-0.25, -0.2) is 4.79 Å². The van der Waals surface area contributed by atoms with Crippen LogP contribution in [0.3, 0.4) is 0 Å². The first kappa shape index (κ1) is 11.8. The molecule has 15 heavy (non-hydrogen) atoms. The van der Waals surface area contributed by atoms with Crippen LogP contribution in [0.1, 0.15) is 26.7 Å². The first-order valence-electron chi connectivity index (χ1n) is 5.02. The summed E-state index contributed by atoms with van der Waals surface area (Å²) in [5, 5.41) is 18.0. The van der Waals surface area contributed by atoms with Gasteiger partial charge in [0, 0.05) is 13.1 Å². The molecule has 5 nitrogen and oxygen atoms in total. The maximum atomic E-state index is 11.6. The molecule has 1 aliphatic heterocycles. The van der Waals surface area contributed by atoms with Gasteiger partial charge < -0.3 is 14.7 Å². The topological polar surface area (TPSA) is 73.6 Å². The summed E-state index contributed by atoms with van der Waals surface area (Å²) in [6, 6.07) is 1.90. The van der Waals surface area contributed by atoms with Crippen LogP contribution in [0.4, 0.5) is 4.79 Å². The predicted molar refractivity (Wildman–Crippen MR) is 53.0 cm³/mol. The van der Waals surface area contributed by atoms with Crippen molar-refractivity contribution < 1.29 is 14.6 Å². The van der Waals surface area contributed by atoms with E-state index in [1.807, 2.05) is 6.07 Å². The average molecular weight is 212 g/mol. The SMILES string of the molecule is CC(C)(C#N)OC(=O)N1CCC(O)CC1. The maximum absolute atomic E-state index is 11.6. The van der Waals surface area contributed by atoms with Gasteiger partial charge in [-0.3, -0.25) is 0 Å². The average Bonchev–Trinajstić information content (AvgIpc) is 2.18. The zero-order chi connectivity index (χ0) is 11.5. The van der Waals surface area contributed by atoms with Crippen LogP contribution < -0.4 is 0 Å². The van der Waals surface area contributed by atoms with Crippen LogP contribution in [-0.2, 0) is 4.74 Å². The molecule has 0 unspecified atom stereocenters. The summed E-state index contributed by atoms with van der Waals surface area (Å²) in [7, 11) is 0. The number of carbonyl (C=O) groups is 1. The van der Waals surface area contributed by atoms with Crippen molar-refractivity contribution in [3.05, 3.63) is 0 Å². The summed E-state index contributed by atoms with van der Waals surface area (Å²) in [6.45, 7) is 4.07.